The molecular weight excluding hydrogens is 617 g/mol. The molecule has 0 aliphatic carbocycles. The lowest BCUT2D eigenvalue weighted by Gasteiger charge is -2.09. The first-order valence-corrected chi connectivity index (χ1v) is 16.9. The molecule has 235 valence electrons. The largest absolute Gasteiger partial charge is 0.309 e. The van der Waals surface area contributed by atoms with Crippen molar-refractivity contribution >= 4 is 61.7 Å². The van der Waals surface area contributed by atoms with Gasteiger partial charge in [0.1, 0.15) is 5.01 Å². The SMILES string of the molecule is C=C/C=C\C=C(/[B]C)c1nc(/C(C=C)=C/C=C\C)nc(-c2ccc3nc(-c4ccc(-n5c6ccccc6c6ccccc65)cc4)sc3c2)n1. The lowest BCUT2D eigenvalue weighted by atomic mass is 9.71. The van der Waals surface area contributed by atoms with Crippen LogP contribution in [0.4, 0.5) is 0 Å². The Hall–Kier alpha value is -5.92. The summed E-state index contributed by atoms with van der Waals surface area (Å²) in [4.78, 5) is 19.7. The number of fused-ring (bicyclic) bond motifs is 4. The van der Waals surface area contributed by atoms with Gasteiger partial charge in [-0.25, -0.2) is 19.9 Å². The number of hydrogen-bond acceptors (Lipinski definition) is 5. The van der Waals surface area contributed by atoms with Gasteiger partial charge in [-0.05, 0) is 67.0 Å². The summed E-state index contributed by atoms with van der Waals surface area (Å²) in [6.45, 7) is 11.7. The molecule has 7 rings (SSSR count). The van der Waals surface area contributed by atoms with Crippen molar-refractivity contribution in [3.63, 3.8) is 0 Å². The molecule has 4 aromatic carbocycles. The fourth-order valence-corrected chi connectivity index (χ4v) is 6.89. The summed E-state index contributed by atoms with van der Waals surface area (Å²) in [6, 6.07) is 32.0. The fourth-order valence-electron chi connectivity index (χ4n) is 5.88. The molecule has 1 radical (unpaired) electrons. The number of benzene rings is 4. The molecule has 5 nitrogen and oxygen atoms in total. The normalized spacial score (nSPS) is 12.5. The van der Waals surface area contributed by atoms with E-state index < -0.39 is 0 Å². The zero-order valence-electron chi connectivity index (χ0n) is 27.4. The topological polar surface area (TPSA) is 56.5 Å². The van der Waals surface area contributed by atoms with Crippen LogP contribution in [0.3, 0.4) is 0 Å². The van der Waals surface area contributed by atoms with Crippen molar-refractivity contribution in [1.29, 1.82) is 0 Å². The molecule has 0 amide bonds. The average molecular weight is 651 g/mol. The summed E-state index contributed by atoms with van der Waals surface area (Å²) in [6.07, 6.45) is 15.2. The number of thiazole rings is 1. The Labute approximate surface area is 291 Å². The minimum atomic E-state index is 0.557. The van der Waals surface area contributed by atoms with Gasteiger partial charge in [-0.3, -0.25) is 0 Å². The third-order valence-corrected chi connectivity index (χ3v) is 9.34. The highest BCUT2D eigenvalue weighted by molar-refractivity contribution is 7.21. The summed E-state index contributed by atoms with van der Waals surface area (Å²) < 4.78 is 3.39. The first kappa shape index (κ1) is 31.7. The summed E-state index contributed by atoms with van der Waals surface area (Å²) in [5, 5.41) is 3.46. The molecule has 0 N–H and O–H groups in total. The van der Waals surface area contributed by atoms with Crippen molar-refractivity contribution in [2.45, 2.75) is 13.7 Å². The molecule has 0 fully saturated rings. The van der Waals surface area contributed by atoms with E-state index in [4.69, 9.17) is 19.9 Å². The van der Waals surface area contributed by atoms with Crippen LogP contribution in [0.2, 0.25) is 6.82 Å². The molecule has 7 heteroatoms. The molecule has 0 aliphatic heterocycles. The Kier molecular flexibility index (Phi) is 9.09. The van der Waals surface area contributed by atoms with Gasteiger partial charge in [-0.15, -0.1) is 11.3 Å². The Bertz CT molecular complexity index is 2420. The van der Waals surface area contributed by atoms with E-state index in [-0.39, 0.29) is 0 Å². The molecular formula is C42H33BN5S. The van der Waals surface area contributed by atoms with Gasteiger partial charge in [0.15, 0.2) is 24.8 Å². The van der Waals surface area contributed by atoms with Gasteiger partial charge in [0.2, 0.25) is 0 Å². The lowest BCUT2D eigenvalue weighted by Crippen LogP contribution is -2.06. The first-order chi connectivity index (χ1) is 24.1. The van der Waals surface area contributed by atoms with E-state index in [0.29, 0.717) is 17.5 Å². The first-order valence-electron chi connectivity index (χ1n) is 16.1. The number of aromatic nitrogens is 5. The van der Waals surface area contributed by atoms with Gasteiger partial charge >= 0.3 is 0 Å². The van der Waals surface area contributed by atoms with Gasteiger partial charge in [0.05, 0.1) is 21.3 Å². The summed E-state index contributed by atoms with van der Waals surface area (Å²) in [7, 11) is 1.99. The number of nitrogens with zero attached hydrogens (tertiary/aromatic N) is 5. The number of rotatable bonds is 10. The predicted octanol–water partition coefficient (Wildman–Crippen LogP) is 10.9. The average Bonchev–Trinajstić information content (AvgIpc) is 3.73. The number of allylic oxidation sites excluding steroid dienone is 9. The molecule has 0 unspecified atom stereocenters. The van der Waals surface area contributed by atoms with E-state index in [1.54, 1.807) is 23.5 Å². The standard InChI is InChI=1S/C42H33BN5S/c1-5-8-10-18-34(43-4)41-46-39(28(7-3)15-9-6-2)45-40(47-41)30-23-26-35-38(27-30)49-42(44-35)29-21-24-31(25-22-29)48-36-19-13-11-16-32(36)33-17-12-14-20-37(33)48/h5-27H,1,3H2,2,4H3/b9-6-,10-8-,28-15+,34-18-. The van der Waals surface area contributed by atoms with Crippen LogP contribution in [-0.4, -0.2) is 31.8 Å². The van der Waals surface area contributed by atoms with Gasteiger partial charge in [-0.1, -0.05) is 105 Å². The Morgan fingerprint density at radius 2 is 1.43 bits per heavy atom. The van der Waals surface area contributed by atoms with E-state index in [0.717, 1.165) is 43.1 Å². The second-order valence-electron chi connectivity index (χ2n) is 11.3. The summed E-state index contributed by atoms with van der Waals surface area (Å²) in [5.41, 5.74) is 8.09. The van der Waals surface area contributed by atoms with Crippen LogP contribution >= 0.6 is 11.3 Å². The summed E-state index contributed by atoms with van der Waals surface area (Å²) in [5.74, 6) is 1.72. The van der Waals surface area contributed by atoms with E-state index in [1.165, 1.54) is 21.8 Å². The van der Waals surface area contributed by atoms with Crippen LogP contribution in [0.1, 0.15) is 18.6 Å². The smallest absolute Gasteiger partial charge is 0.164 e. The minimum absolute atomic E-state index is 0.557. The van der Waals surface area contributed by atoms with Crippen molar-refractivity contribution in [2.75, 3.05) is 0 Å². The Morgan fingerprint density at radius 3 is 2.10 bits per heavy atom. The van der Waals surface area contributed by atoms with Crippen LogP contribution in [-0.2, 0) is 0 Å². The van der Waals surface area contributed by atoms with Gasteiger partial charge in [-0.2, -0.15) is 0 Å². The van der Waals surface area contributed by atoms with Crippen molar-refractivity contribution in [1.82, 2.24) is 24.5 Å². The highest BCUT2D eigenvalue weighted by Gasteiger charge is 2.16. The van der Waals surface area contributed by atoms with Crippen molar-refractivity contribution in [3.8, 4) is 27.6 Å². The second-order valence-corrected chi connectivity index (χ2v) is 12.3. The van der Waals surface area contributed by atoms with E-state index in [9.17, 15) is 0 Å². The highest BCUT2D eigenvalue weighted by Crippen LogP contribution is 2.35. The summed E-state index contributed by atoms with van der Waals surface area (Å²) >= 11 is 1.66. The van der Waals surface area contributed by atoms with Crippen molar-refractivity contribution < 1.29 is 0 Å². The second kappa shape index (κ2) is 14.1. The van der Waals surface area contributed by atoms with Crippen LogP contribution in [0, 0.1) is 0 Å². The lowest BCUT2D eigenvalue weighted by molar-refractivity contribution is 1.01. The number of hydrogen-bond donors (Lipinski definition) is 0. The number of para-hydroxylation sites is 2. The minimum Gasteiger partial charge on any atom is -0.309 e. The van der Waals surface area contributed by atoms with Crippen LogP contribution in [0.25, 0.3) is 70.7 Å². The highest BCUT2D eigenvalue weighted by atomic mass is 32.1. The molecule has 49 heavy (non-hydrogen) atoms. The van der Waals surface area contributed by atoms with Gasteiger partial charge in [0.25, 0.3) is 0 Å². The molecule has 0 saturated carbocycles. The van der Waals surface area contributed by atoms with E-state index in [2.05, 4.69) is 96.6 Å². The molecule has 0 spiro atoms. The maximum Gasteiger partial charge on any atom is 0.164 e. The van der Waals surface area contributed by atoms with Gasteiger partial charge < -0.3 is 4.57 Å². The van der Waals surface area contributed by atoms with Crippen molar-refractivity contribution in [3.05, 3.63) is 164 Å². The molecule has 3 heterocycles. The predicted molar refractivity (Wildman–Crippen MR) is 210 cm³/mol. The Morgan fingerprint density at radius 1 is 0.735 bits per heavy atom. The van der Waals surface area contributed by atoms with Crippen molar-refractivity contribution in [2.24, 2.45) is 0 Å². The molecule has 3 aromatic heterocycles. The van der Waals surface area contributed by atoms with Crippen LogP contribution in [0.15, 0.2) is 153 Å². The van der Waals surface area contributed by atoms with Crippen LogP contribution < -0.4 is 0 Å². The zero-order valence-corrected chi connectivity index (χ0v) is 28.2. The third kappa shape index (κ3) is 6.24. The van der Waals surface area contributed by atoms with E-state index in [1.807, 2.05) is 69.6 Å². The molecule has 0 aliphatic rings. The Balaban J connectivity index is 1.27. The molecule has 0 bridgehead atoms. The van der Waals surface area contributed by atoms with E-state index >= 15 is 0 Å². The van der Waals surface area contributed by atoms with Crippen LogP contribution in [0.5, 0.6) is 0 Å². The molecule has 0 saturated heterocycles. The molecule has 0 atom stereocenters. The maximum atomic E-state index is 5.00. The zero-order chi connectivity index (χ0) is 33.7. The monoisotopic (exact) mass is 650 g/mol. The fraction of sp³-hybridized carbons (Fsp3) is 0.0476. The molecule has 7 aromatic rings. The maximum absolute atomic E-state index is 5.00. The third-order valence-electron chi connectivity index (χ3n) is 8.27. The van der Waals surface area contributed by atoms with Gasteiger partial charge in [0, 0.05) is 33.2 Å². The quantitative estimate of drug-likeness (QED) is 0.109.